The largest absolute Gasteiger partial charge is 0.317 e. The normalized spacial score (nSPS) is 28.9. The standard InChI is InChI=1S/C13H24N2/c1-3-13(6-8-14-9-7-13)15-10-4-12(2)5-11-15/h3,12,14H,1,4-11H2,2H3. The number of likely N-dealkylation sites (tertiary alicyclic amines) is 1. The molecule has 0 amide bonds. The van der Waals surface area contributed by atoms with Crippen LogP contribution in [-0.2, 0) is 0 Å². The molecule has 2 nitrogen and oxygen atoms in total. The maximum absolute atomic E-state index is 4.08. The summed E-state index contributed by atoms with van der Waals surface area (Å²) in [4.78, 5) is 2.68. The molecule has 2 rings (SSSR count). The second-order valence-corrected chi connectivity index (χ2v) is 5.23. The summed E-state index contributed by atoms with van der Waals surface area (Å²) in [7, 11) is 0. The molecule has 2 fully saturated rings. The van der Waals surface area contributed by atoms with Crippen LogP contribution in [0.4, 0.5) is 0 Å². The first-order valence-electron chi connectivity index (χ1n) is 6.36. The molecule has 0 atom stereocenters. The fourth-order valence-corrected chi connectivity index (χ4v) is 2.96. The van der Waals surface area contributed by atoms with E-state index in [0.29, 0.717) is 5.54 Å². The Bertz CT molecular complexity index is 211. The van der Waals surface area contributed by atoms with Crippen molar-refractivity contribution in [2.24, 2.45) is 5.92 Å². The molecular formula is C13H24N2. The second kappa shape index (κ2) is 4.67. The Labute approximate surface area is 93.7 Å². The van der Waals surface area contributed by atoms with Gasteiger partial charge in [0.1, 0.15) is 0 Å². The Morgan fingerprint density at radius 1 is 1.27 bits per heavy atom. The lowest BCUT2D eigenvalue weighted by atomic mass is 9.84. The van der Waals surface area contributed by atoms with Crippen LogP contribution in [0.25, 0.3) is 0 Å². The van der Waals surface area contributed by atoms with Crippen LogP contribution in [0.15, 0.2) is 12.7 Å². The summed E-state index contributed by atoms with van der Waals surface area (Å²) in [6, 6.07) is 0. The van der Waals surface area contributed by atoms with Gasteiger partial charge in [0.05, 0.1) is 0 Å². The zero-order chi connectivity index (χ0) is 10.7. The van der Waals surface area contributed by atoms with E-state index in [0.717, 1.165) is 19.0 Å². The fourth-order valence-electron chi connectivity index (χ4n) is 2.96. The molecule has 2 aliphatic heterocycles. The molecule has 15 heavy (non-hydrogen) atoms. The minimum atomic E-state index is 0.311. The molecule has 0 saturated carbocycles. The van der Waals surface area contributed by atoms with Crippen LogP contribution < -0.4 is 5.32 Å². The molecule has 0 aliphatic carbocycles. The number of nitrogens with zero attached hydrogens (tertiary/aromatic N) is 1. The van der Waals surface area contributed by atoms with Crippen molar-refractivity contribution in [1.29, 1.82) is 0 Å². The monoisotopic (exact) mass is 208 g/mol. The Kier molecular flexibility index (Phi) is 3.47. The fraction of sp³-hybridized carbons (Fsp3) is 0.846. The highest BCUT2D eigenvalue weighted by Crippen LogP contribution is 2.31. The summed E-state index contributed by atoms with van der Waals surface area (Å²) in [6.45, 7) is 11.3. The molecule has 0 aromatic heterocycles. The van der Waals surface area contributed by atoms with Crippen molar-refractivity contribution in [3.05, 3.63) is 12.7 Å². The van der Waals surface area contributed by atoms with Gasteiger partial charge >= 0.3 is 0 Å². The van der Waals surface area contributed by atoms with Crippen LogP contribution >= 0.6 is 0 Å². The molecule has 0 spiro atoms. The van der Waals surface area contributed by atoms with E-state index >= 15 is 0 Å². The quantitative estimate of drug-likeness (QED) is 0.699. The van der Waals surface area contributed by atoms with Gasteiger partial charge in [-0.05, 0) is 57.8 Å². The van der Waals surface area contributed by atoms with E-state index in [1.54, 1.807) is 0 Å². The van der Waals surface area contributed by atoms with E-state index in [9.17, 15) is 0 Å². The Balaban J connectivity index is 2.01. The van der Waals surface area contributed by atoms with Crippen molar-refractivity contribution < 1.29 is 0 Å². The summed E-state index contributed by atoms with van der Waals surface area (Å²) < 4.78 is 0. The van der Waals surface area contributed by atoms with Crippen LogP contribution in [-0.4, -0.2) is 36.6 Å². The molecule has 2 aliphatic rings. The summed E-state index contributed by atoms with van der Waals surface area (Å²) in [5.41, 5.74) is 0.311. The average Bonchev–Trinajstić information content (AvgIpc) is 2.31. The molecule has 1 N–H and O–H groups in total. The Morgan fingerprint density at radius 2 is 1.87 bits per heavy atom. The van der Waals surface area contributed by atoms with E-state index in [1.807, 2.05) is 0 Å². The first-order valence-corrected chi connectivity index (χ1v) is 6.36. The first-order chi connectivity index (χ1) is 7.27. The number of piperidine rings is 2. The van der Waals surface area contributed by atoms with Crippen LogP contribution in [0.5, 0.6) is 0 Å². The van der Waals surface area contributed by atoms with Crippen LogP contribution in [0.3, 0.4) is 0 Å². The highest BCUT2D eigenvalue weighted by molar-refractivity contribution is 5.07. The summed E-state index contributed by atoms with van der Waals surface area (Å²) >= 11 is 0. The second-order valence-electron chi connectivity index (χ2n) is 5.23. The van der Waals surface area contributed by atoms with Crippen molar-refractivity contribution in [2.75, 3.05) is 26.2 Å². The molecule has 0 aromatic rings. The summed E-state index contributed by atoms with van der Waals surface area (Å²) in [5.74, 6) is 0.921. The van der Waals surface area contributed by atoms with Gasteiger partial charge < -0.3 is 5.32 Å². The minimum Gasteiger partial charge on any atom is -0.317 e. The molecule has 0 bridgehead atoms. The number of rotatable bonds is 2. The minimum absolute atomic E-state index is 0.311. The molecule has 0 unspecified atom stereocenters. The van der Waals surface area contributed by atoms with Crippen LogP contribution in [0.1, 0.15) is 32.6 Å². The third-order valence-electron chi connectivity index (χ3n) is 4.26. The van der Waals surface area contributed by atoms with E-state index in [1.165, 1.54) is 38.8 Å². The lowest BCUT2D eigenvalue weighted by molar-refractivity contribution is 0.0630. The van der Waals surface area contributed by atoms with Crippen molar-refractivity contribution >= 4 is 0 Å². The van der Waals surface area contributed by atoms with Gasteiger partial charge in [0, 0.05) is 5.54 Å². The molecule has 2 heterocycles. The van der Waals surface area contributed by atoms with E-state index in [-0.39, 0.29) is 0 Å². The predicted molar refractivity (Wildman–Crippen MR) is 65.0 cm³/mol. The molecule has 2 heteroatoms. The topological polar surface area (TPSA) is 15.3 Å². The summed E-state index contributed by atoms with van der Waals surface area (Å²) in [5, 5.41) is 3.45. The van der Waals surface area contributed by atoms with Gasteiger partial charge in [0.2, 0.25) is 0 Å². The van der Waals surface area contributed by atoms with E-state index < -0.39 is 0 Å². The van der Waals surface area contributed by atoms with Gasteiger partial charge in [-0.25, -0.2) is 0 Å². The number of nitrogens with one attached hydrogen (secondary N) is 1. The zero-order valence-electron chi connectivity index (χ0n) is 9.97. The Morgan fingerprint density at radius 3 is 2.40 bits per heavy atom. The molecule has 0 aromatic carbocycles. The highest BCUT2D eigenvalue weighted by atomic mass is 15.2. The maximum Gasteiger partial charge on any atom is 0.0412 e. The number of hydrogen-bond acceptors (Lipinski definition) is 2. The van der Waals surface area contributed by atoms with Gasteiger partial charge in [-0.3, -0.25) is 4.90 Å². The van der Waals surface area contributed by atoms with Gasteiger partial charge in [0.15, 0.2) is 0 Å². The van der Waals surface area contributed by atoms with Gasteiger partial charge in [-0.2, -0.15) is 0 Å². The first kappa shape index (κ1) is 11.2. The summed E-state index contributed by atoms with van der Waals surface area (Å²) in [6.07, 6.45) is 7.42. The average molecular weight is 208 g/mol. The van der Waals surface area contributed by atoms with Gasteiger partial charge in [0.25, 0.3) is 0 Å². The molecule has 86 valence electrons. The van der Waals surface area contributed by atoms with Crippen molar-refractivity contribution in [3.63, 3.8) is 0 Å². The number of hydrogen-bond donors (Lipinski definition) is 1. The van der Waals surface area contributed by atoms with E-state index in [2.05, 4.69) is 29.8 Å². The molecule has 2 saturated heterocycles. The van der Waals surface area contributed by atoms with Gasteiger partial charge in [-0.1, -0.05) is 13.0 Å². The van der Waals surface area contributed by atoms with Crippen molar-refractivity contribution in [2.45, 2.75) is 38.1 Å². The highest BCUT2D eigenvalue weighted by Gasteiger charge is 2.36. The smallest absolute Gasteiger partial charge is 0.0412 e. The molecular weight excluding hydrogens is 184 g/mol. The van der Waals surface area contributed by atoms with Gasteiger partial charge in [-0.15, -0.1) is 6.58 Å². The SMILES string of the molecule is C=CC1(N2CCC(C)CC2)CCNCC1. The Hall–Kier alpha value is -0.340. The third kappa shape index (κ3) is 2.26. The van der Waals surface area contributed by atoms with Crippen LogP contribution in [0, 0.1) is 5.92 Å². The zero-order valence-corrected chi connectivity index (χ0v) is 9.97. The molecule has 0 radical (unpaired) electrons. The lowest BCUT2D eigenvalue weighted by Gasteiger charge is -2.47. The van der Waals surface area contributed by atoms with Crippen LogP contribution in [0.2, 0.25) is 0 Å². The predicted octanol–water partition coefficient (Wildman–Crippen LogP) is 2.03. The van der Waals surface area contributed by atoms with Crippen molar-refractivity contribution in [1.82, 2.24) is 10.2 Å². The third-order valence-corrected chi connectivity index (χ3v) is 4.26. The van der Waals surface area contributed by atoms with Crippen molar-refractivity contribution in [3.8, 4) is 0 Å². The maximum atomic E-state index is 4.08. The lowest BCUT2D eigenvalue weighted by Crippen LogP contribution is -2.55. The van der Waals surface area contributed by atoms with E-state index in [4.69, 9.17) is 0 Å².